The first-order valence-electron chi connectivity index (χ1n) is 11.2. The largest absolute Gasteiger partial charge is 0.497 e. The molecule has 170 valence electrons. The van der Waals surface area contributed by atoms with Crippen LogP contribution in [0.3, 0.4) is 0 Å². The molecule has 1 spiro atoms. The van der Waals surface area contributed by atoms with Gasteiger partial charge >= 0.3 is 6.03 Å². The summed E-state index contributed by atoms with van der Waals surface area (Å²) in [6, 6.07) is 7.98. The van der Waals surface area contributed by atoms with Crippen LogP contribution in [0.25, 0.3) is 0 Å². The summed E-state index contributed by atoms with van der Waals surface area (Å²) < 4.78 is 10.6. The molecule has 3 saturated heterocycles. The van der Waals surface area contributed by atoms with Gasteiger partial charge in [-0.05, 0) is 54.9 Å². The van der Waals surface area contributed by atoms with E-state index in [4.69, 9.17) is 9.47 Å². The number of benzene rings is 1. The Labute approximate surface area is 189 Å². The molecule has 0 saturated carbocycles. The normalized spacial score (nSPS) is 22.5. The molecule has 0 bridgehead atoms. The summed E-state index contributed by atoms with van der Waals surface area (Å²) in [5.41, 5.74) is 0.149. The van der Waals surface area contributed by atoms with E-state index < -0.39 is 5.54 Å². The highest BCUT2D eigenvalue weighted by atomic mass is 32.2. The van der Waals surface area contributed by atoms with Crippen LogP contribution < -0.4 is 4.74 Å². The van der Waals surface area contributed by atoms with Gasteiger partial charge < -0.3 is 19.3 Å². The van der Waals surface area contributed by atoms with E-state index in [0.29, 0.717) is 32.0 Å². The highest BCUT2D eigenvalue weighted by Gasteiger charge is 2.57. The van der Waals surface area contributed by atoms with E-state index in [9.17, 15) is 9.59 Å². The van der Waals surface area contributed by atoms with E-state index in [1.165, 1.54) is 29.2 Å². The zero-order valence-corrected chi connectivity index (χ0v) is 19.4. The molecule has 0 N–H and O–H groups in total. The van der Waals surface area contributed by atoms with Crippen LogP contribution in [0.5, 0.6) is 5.75 Å². The van der Waals surface area contributed by atoms with Gasteiger partial charge in [0.1, 0.15) is 11.3 Å². The molecular formula is C23H33N3O4S. The van der Waals surface area contributed by atoms with Crippen LogP contribution in [-0.4, -0.2) is 90.2 Å². The molecule has 3 heterocycles. The maximum Gasteiger partial charge on any atom is 0.328 e. The van der Waals surface area contributed by atoms with Crippen molar-refractivity contribution in [1.82, 2.24) is 14.7 Å². The minimum atomic E-state index is -0.742. The van der Waals surface area contributed by atoms with E-state index >= 15 is 0 Å². The fraction of sp³-hybridized carbons (Fsp3) is 0.652. The summed E-state index contributed by atoms with van der Waals surface area (Å²) in [5.74, 6) is 3.10. The topological polar surface area (TPSA) is 62.3 Å². The highest BCUT2D eigenvalue weighted by molar-refractivity contribution is 7.99. The first-order valence-corrected chi connectivity index (χ1v) is 12.3. The molecule has 31 heavy (non-hydrogen) atoms. The standard InChI is InChI=1S/C23H33N3O4S/c1-29-13-12-26-22(28)25(17-18-4-3-5-20(16-18)30-2)21(27)23(26)8-10-24(11-9-23)19-6-14-31-15-7-19/h3-5,16,19H,6-15,17H2,1-2H3. The van der Waals surface area contributed by atoms with Crippen LogP contribution in [0.1, 0.15) is 31.2 Å². The lowest BCUT2D eigenvalue weighted by Gasteiger charge is -2.45. The second-order valence-corrected chi connectivity index (χ2v) is 9.81. The van der Waals surface area contributed by atoms with E-state index in [2.05, 4.69) is 4.90 Å². The summed E-state index contributed by atoms with van der Waals surface area (Å²) in [7, 11) is 3.25. The van der Waals surface area contributed by atoms with Crippen molar-refractivity contribution in [3.63, 3.8) is 0 Å². The van der Waals surface area contributed by atoms with Gasteiger partial charge in [0, 0.05) is 32.8 Å². The lowest BCUT2D eigenvalue weighted by atomic mass is 9.84. The SMILES string of the molecule is COCCN1C(=O)N(Cc2cccc(OC)c2)C(=O)C12CCN(C1CCSCC1)CC2. The molecular weight excluding hydrogens is 414 g/mol. The zero-order chi connectivity index (χ0) is 21.8. The molecule has 4 rings (SSSR count). The van der Waals surface area contributed by atoms with Gasteiger partial charge in [-0.3, -0.25) is 9.69 Å². The highest BCUT2D eigenvalue weighted by Crippen LogP contribution is 2.39. The molecule has 3 aliphatic heterocycles. The molecule has 3 fully saturated rings. The summed E-state index contributed by atoms with van der Waals surface area (Å²) in [6.07, 6.45) is 3.83. The molecule has 0 unspecified atom stereocenters. The number of hydrogen-bond donors (Lipinski definition) is 0. The van der Waals surface area contributed by atoms with Crippen molar-refractivity contribution < 1.29 is 19.1 Å². The van der Waals surface area contributed by atoms with E-state index in [1.54, 1.807) is 19.1 Å². The predicted octanol–water partition coefficient (Wildman–Crippen LogP) is 2.84. The fourth-order valence-electron chi connectivity index (χ4n) is 5.16. The smallest absolute Gasteiger partial charge is 0.328 e. The lowest BCUT2D eigenvalue weighted by molar-refractivity contribution is -0.136. The average Bonchev–Trinajstić information content (AvgIpc) is 3.00. The minimum Gasteiger partial charge on any atom is -0.497 e. The number of methoxy groups -OCH3 is 2. The fourth-order valence-corrected chi connectivity index (χ4v) is 6.24. The lowest BCUT2D eigenvalue weighted by Crippen LogP contribution is -2.58. The molecule has 7 nitrogen and oxygen atoms in total. The van der Waals surface area contributed by atoms with Gasteiger partial charge in [0.25, 0.3) is 5.91 Å². The zero-order valence-electron chi connectivity index (χ0n) is 18.5. The molecule has 3 amide bonds. The quantitative estimate of drug-likeness (QED) is 0.599. The van der Waals surface area contributed by atoms with Crippen LogP contribution in [0.4, 0.5) is 4.79 Å². The van der Waals surface area contributed by atoms with Crippen molar-refractivity contribution in [2.75, 3.05) is 52.0 Å². The Hall–Kier alpha value is -1.77. The van der Waals surface area contributed by atoms with Crippen LogP contribution >= 0.6 is 11.8 Å². The second-order valence-electron chi connectivity index (χ2n) is 8.58. The third kappa shape index (κ3) is 4.43. The van der Waals surface area contributed by atoms with Gasteiger partial charge in [-0.1, -0.05) is 12.1 Å². The monoisotopic (exact) mass is 447 g/mol. The van der Waals surface area contributed by atoms with Gasteiger partial charge in [-0.15, -0.1) is 0 Å². The van der Waals surface area contributed by atoms with E-state index in [0.717, 1.165) is 24.4 Å². The Morgan fingerprint density at radius 1 is 1.13 bits per heavy atom. The van der Waals surface area contributed by atoms with Crippen LogP contribution in [-0.2, 0) is 16.1 Å². The number of carbonyl (C=O) groups is 2. The number of rotatable bonds is 7. The molecule has 0 aliphatic carbocycles. The number of thioether (sulfide) groups is 1. The van der Waals surface area contributed by atoms with Crippen molar-refractivity contribution in [2.45, 2.75) is 43.8 Å². The Kier molecular flexibility index (Phi) is 7.08. The number of piperidine rings is 1. The Bertz CT molecular complexity index is 791. The minimum absolute atomic E-state index is 0.0599. The summed E-state index contributed by atoms with van der Waals surface area (Å²) >= 11 is 2.03. The van der Waals surface area contributed by atoms with E-state index in [1.807, 2.05) is 36.0 Å². The Morgan fingerprint density at radius 2 is 1.87 bits per heavy atom. The number of hydrogen-bond acceptors (Lipinski definition) is 6. The van der Waals surface area contributed by atoms with Gasteiger partial charge in [0.05, 0.1) is 20.3 Å². The molecule has 3 aliphatic rings. The molecule has 1 aromatic carbocycles. The van der Waals surface area contributed by atoms with Gasteiger partial charge in [0.2, 0.25) is 0 Å². The number of nitrogens with zero attached hydrogens (tertiary/aromatic N) is 3. The Morgan fingerprint density at radius 3 is 2.55 bits per heavy atom. The summed E-state index contributed by atoms with van der Waals surface area (Å²) in [4.78, 5) is 32.8. The number of imide groups is 1. The molecule has 0 aromatic heterocycles. The van der Waals surface area contributed by atoms with Gasteiger partial charge in [0.15, 0.2) is 0 Å². The third-order valence-corrected chi connectivity index (χ3v) is 8.00. The van der Waals surface area contributed by atoms with Crippen LogP contribution in [0, 0.1) is 0 Å². The maximum absolute atomic E-state index is 13.7. The predicted molar refractivity (Wildman–Crippen MR) is 121 cm³/mol. The summed E-state index contributed by atoms with van der Waals surface area (Å²) in [5, 5.41) is 0. The van der Waals surface area contributed by atoms with Crippen molar-refractivity contribution >= 4 is 23.7 Å². The third-order valence-electron chi connectivity index (χ3n) is 6.95. The van der Waals surface area contributed by atoms with Crippen LogP contribution in [0.2, 0.25) is 0 Å². The van der Waals surface area contributed by atoms with Crippen molar-refractivity contribution in [1.29, 1.82) is 0 Å². The number of likely N-dealkylation sites (tertiary alicyclic amines) is 1. The number of amides is 3. The van der Waals surface area contributed by atoms with Crippen molar-refractivity contribution in [3.8, 4) is 5.75 Å². The van der Waals surface area contributed by atoms with Crippen molar-refractivity contribution in [2.24, 2.45) is 0 Å². The van der Waals surface area contributed by atoms with Gasteiger partial charge in [-0.2, -0.15) is 11.8 Å². The Balaban J connectivity index is 1.52. The van der Waals surface area contributed by atoms with E-state index in [-0.39, 0.29) is 18.5 Å². The first-order chi connectivity index (χ1) is 15.1. The second kappa shape index (κ2) is 9.79. The summed E-state index contributed by atoms with van der Waals surface area (Å²) in [6.45, 7) is 2.87. The molecule has 0 radical (unpaired) electrons. The van der Waals surface area contributed by atoms with Crippen molar-refractivity contribution in [3.05, 3.63) is 29.8 Å². The maximum atomic E-state index is 13.7. The van der Waals surface area contributed by atoms with Crippen LogP contribution in [0.15, 0.2) is 24.3 Å². The number of urea groups is 1. The number of ether oxygens (including phenoxy) is 2. The number of carbonyl (C=O) groups excluding carboxylic acids is 2. The molecule has 1 aromatic rings. The first kappa shape index (κ1) is 22.4. The molecule has 8 heteroatoms. The molecule has 0 atom stereocenters. The van der Waals surface area contributed by atoms with Gasteiger partial charge in [-0.25, -0.2) is 4.79 Å². The average molecular weight is 448 g/mol.